The number of nitrogens with zero attached hydrogens (tertiary/aromatic N) is 3. The van der Waals surface area contributed by atoms with Gasteiger partial charge in [-0.1, -0.05) is 50.8 Å². The number of carbonyl (C=O) groups excluding carboxylic acids is 2. The first-order valence-electron chi connectivity index (χ1n) is 12.6. The van der Waals surface area contributed by atoms with Crippen molar-refractivity contribution in [1.29, 1.82) is 0 Å². The fourth-order valence-electron chi connectivity index (χ4n) is 3.97. The van der Waals surface area contributed by atoms with Gasteiger partial charge in [0.15, 0.2) is 5.13 Å². The molecule has 2 amide bonds. The summed E-state index contributed by atoms with van der Waals surface area (Å²) < 4.78 is 2.55. The van der Waals surface area contributed by atoms with Crippen LogP contribution in [0.4, 0.5) is 5.13 Å². The number of allylic oxidation sites excluding steroid dienone is 1. The number of benzene rings is 1. The topological polar surface area (TPSA) is 135 Å². The third kappa shape index (κ3) is 6.27. The number of imidazole rings is 1. The normalized spacial score (nSPS) is 12.3. The number of aromatic nitrogens is 3. The van der Waals surface area contributed by atoms with Gasteiger partial charge in [0.05, 0.1) is 28.4 Å². The quantitative estimate of drug-likeness (QED) is 0.194. The van der Waals surface area contributed by atoms with Gasteiger partial charge in [0.2, 0.25) is 0 Å². The lowest BCUT2D eigenvalue weighted by Gasteiger charge is -2.20. The molecule has 1 atom stereocenters. The van der Waals surface area contributed by atoms with Crippen molar-refractivity contribution in [2.45, 2.75) is 39.8 Å². The number of nitrogen functional groups attached to an aromatic ring is 1. The van der Waals surface area contributed by atoms with Crippen molar-refractivity contribution in [2.75, 3.05) is 12.3 Å². The van der Waals surface area contributed by atoms with E-state index in [1.807, 2.05) is 61.9 Å². The Kier molecular flexibility index (Phi) is 8.95. The highest BCUT2D eigenvalue weighted by Crippen LogP contribution is 2.30. The van der Waals surface area contributed by atoms with Crippen LogP contribution in [0.15, 0.2) is 47.7 Å². The van der Waals surface area contributed by atoms with Crippen LogP contribution in [0, 0.1) is 5.92 Å². The van der Waals surface area contributed by atoms with Gasteiger partial charge in [-0.3, -0.25) is 14.2 Å². The molecule has 0 aliphatic heterocycles. The summed E-state index contributed by atoms with van der Waals surface area (Å²) >= 11 is 2.87. The lowest BCUT2D eigenvalue weighted by molar-refractivity contribution is -0.115. The maximum Gasteiger partial charge on any atom is 0.270 e. The molecular formula is C28H32N6O3S2. The number of nitrogens with one attached hydrogen (secondary N) is 2. The SMILES string of the molecule is C=C(C(=O)NCc1ccc2nc(N)sc2c1)c1nc(-c2ccsc2)c(C(=O)NC(CO)C(C)C)n1/C=C\CC. The number of amides is 2. The molecule has 11 heteroatoms. The van der Waals surface area contributed by atoms with Gasteiger partial charge in [-0.05, 0) is 41.5 Å². The molecule has 0 bridgehead atoms. The largest absolute Gasteiger partial charge is 0.394 e. The molecule has 39 heavy (non-hydrogen) atoms. The molecule has 0 radical (unpaired) electrons. The van der Waals surface area contributed by atoms with E-state index in [0.29, 0.717) is 17.2 Å². The third-order valence-corrected chi connectivity index (χ3v) is 7.73. The second kappa shape index (κ2) is 12.4. The highest BCUT2D eigenvalue weighted by atomic mass is 32.1. The summed E-state index contributed by atoms with van der Waals surface area (Å²) in [6.45, 7) is 9.94. The number of thiophene rings is 1. The van der Waals surface area contributed by atoms with Crippen molar-refractivity contribution < 1.29 is 14.7 Å². The molecule has 1 unspecified atom stereocenters. The van der Waals surface area contributed by atoms with E-state index in [2.05, 4.69) is 22.2 Å². The summed E-state index contributed by atoms with van der Waals surface area (Å²) in [7, 11) is 0. The number of aliphatic hydroxyl groups excluding tert-OH is 1. The zero-order valence-corrected chi connectivity index (χ0v) is 23.7. The van der Waals surface area contributed by atoms with Crippen molar-refractivity contribution >= 4 is 61.6 Å². The summed E-state index contributed by atoms with van der Waals surface area (Å²) in [6, 6.07) is 7.14. The first-order valence-corrected chi connectivity index (χ1v) is 14.3. The number of hydrogen-bond acceptors (Lipinski definition) is 8. The maximum atomic E-state index is 13.6. The summed E-state index contributed by atoms with van der Waals surface area (Å²) in [5.74, 6) is -0.519. The maximum absolute atomic E-state index is 13.6. The lowest BCUT2D eigenvalue weighted by atomic mass is 10.0. The molecule has 4 aromatic rings. The fraction of sp³-hybridized carbons (Fsp3) is 0.286. The molecule has 3 heterocycles. The standard InChI is InChI=1S/C28H32N6O3S2/c1-5-6-10-34-24(27(37)31-21(14-35)16(2)3)23(19-9-11-38-15-19)33-25(34)17(4)26(36)30-13-18-7-8-20-22(12-18)39-28(29)32-20/h6-12,15-16,21,35H,4-5,13-14H2,1-3H3,(H2,29,32)(H,30,36)(H,31,37)/b10-6-. The Balaban J connectivity index is 1.67. The zero-order chi connectivity index (χ0) is 28.1. The molecule has 0 saturated heterocycles. The summed E-state index contributed by atoms with van der Waals surface area (Å²) in [5, 5.41) is 19.9. The number of rotatable bonds is 11. The van der Waals surface area contributed by atoms with Gasteiger partial charge in [0.1, 0.15) is 17.2 Å². The van der Waals surface area contributed by atoms with Gasteiger partial charge < -0.3 is 21.5 Å². The van der Waals surface area contributed by atoms with Gasteiger partial charge in [0.25, 0.3) is 11.8 Å². The minimum absolute atomic E-state index is 0.0203. The zero-order valence-electron chi connectivity index (χ0n) is 22.1. The molecule has 3 aromatic heterocycles. The number of anilines is 1. The molecule has 1 aromatic carbocycles. The second-order valence-corrected chi connectivity index (χ2v) is 11.2. The van der Waals surface area contributed by atoms with Crippen LogP contribution in [0.3, 0.4) is 0 Å². The van der Waals surface area contributed by atoms with E-state index in [-0.39, 0.29) is 36.2 Å². The van der Waals surface area contributed by atoms with Gasteiger partial charge in [-0.25, -0.2) is 9.97 Å². The van der Waals surface area contributed by atoms with E-state index in [0.717, 1.165) is 21.3 Å². The summed E-state index contributed by atoms with van der Waals surface area (Å²) in [5.41, 5.74) is 9.10. The molecule has 0 spiro atoms. The molecule has 5 N–H and O–H groups in total. The monoisotopic (exact) mass is 564 g/mol. The van der Waals surface area contributed by atoms with E-state index >= 15 is 0 Å². The van der Waals surface area contributed by atoms with Gasteiger partial charge >= 0.3 is 0 Å². The predicted molar refractivity (Wildman–Crippen MR) is 159 cm³/mol. The van der Waals surface area contributed by atoms with E-state index in [9.17, 15) is 14.7 Å². The Hall–Kier alpha value is -3.80. The number of nitrogens with two attached hydrogens (primary N) is 1. The first kappa shape index (κ1) is 28.2. The number of aliphatic hydroxyl groups is 1. The Morgan fingerprint density at radius 3 is 2.72 bits per heavy atom. The van der Waals surface area contributed by atoms with Gasteiger partial charge in [-0.15, -0.1) is 0 Å². The van der Waals surface area contributed by atoms with Crippen molar-refractivity contribution in [2.24, 2.45) is 5.92 Å². The highest BCUT2D eigenvalue weighted by Gasteiger charge is 2.28. The molecule has 0 fully saturated rings. The fourth-order valence-corrected chi connectivity index (χ4v) is 5.40. The molecule has 0 saturated carbocycles. The van der Waals surface area contributed by atoms with Crippen LogP contribution in [-0.4, -0.2) is 44.1 Å². The van der Waals surface area contributed by atoms with E-state index in [4.69, 9.17) is 10.7 Å². The van der Waals surface area contributed by atoms with Crippen LogP contribution >= 0.6 is 22.7 Å². The summed E-state index contributed by atoms with van der Waals surface area (Å²) in [4.78, 5) is 35.8. The number of fused-ring (bicyclic) bond motifs is 1. The van der Waals surface area contributed by atoms with Crippen LogP contribution in [-0.2, 0) is 11.3 Å². The molecule has 204 valence electrons. The first-order chi connectivity index (χ1) is 18.7. The molecule has 9 nitrogen and oxygen atoms in total. The minimum atomic E-state index is -0.437. The Labute approximate surface area is 235 Å². The van der Waals surface area contributed by atoms with E-state index < -0.39 is 17.9 Å². The molecule has 0 aliphatic rings. The molecular weight excluding hydrogens is 532 g/mol. The smallest absolute Gasteiger partial charge is 0.270 e. The highest BCUT2D eigenvalue weighted by molar-refractivity contribution is 7.22. The average molecular weight is 565 g/mol. The van der Waals surface area contributed by atoms with Gasteiger partial charge in [-0.2, -0.15) is 11.3 Å². The van der Waals surface area contributed by atoms with Crippen LogP contribution in [0.5, 0.6) is 0 Å². The Bertz CT molecular complexity index is 1520. The van der Waals surface area contributed by atoms with Crippen molar-refractivity contribution in [3.8, 4) is 11.3 Å². The molecule has 0 aliphatic carbocycles. The Morgan fingerprint density at radius 2 is 2.05 bits per heavy atom. The van der Waals surface area contributed by atoms with E-state index in [1.54, 1.807) is 10.8 Å². The van der Waals surface area contributed by atoms with Crippen LogP contribution in [0.1, 0.15) is 49.1 Å². The van der Waals surface area contributed by atoms with Crippen LogP contribution < -0.4 is 16.4 Å². The van der Waals surface area contributed by atoms with Crippen molar-refractivity contribution in [3.63, 3.8) is 0 Å². The number of carbonyl (C=O) groups is 2. The van der Waals surface area contributed by atoms with Crippen LogP contribution in [0.25, 0.3) is 33.2 Å². The molecule has 4 rings (SSSR count). The lowest BCUT2D eigenvalue weighted by Crippen LogP contribution is -2.41. The average Bonchev–Trinajstić information content (AvgIpc) is 3.65. The van der Waals surface area contributed by atoms with Crippen LogP contribution in [0.2, 0.25) is 0 Å². The van der Waals surface area contributed by atoms with E-state index in [1.165, 1.54) is 22.7 Å². The number of thiazole rings is 1. The summed E-state index contributed by atoms with van der Waals surface area (Å²) in [6.07, 6.45) is 4.32. The Morgan fingerprint density at radius 1 is 1.26 bits per heavy atom. The predicted octanol–water partition coefficient (Wildman–Crippen LogP) is 4.76. The van der Waals surface area contributed by atoms with Gasteiger partial charge in [0, 0.05) is 23.7 Å². The minimum Gasteiger partial charge on any atom is -0.394 e. The third-order valence-electron chi connectivity index (χ3n) is 6.20. The second-order valence-electron chi connectivity index (χ2n) is 9.33. The van der Waals surface area contributed by atoms with Crippen molar-refractivity contribution in [1.82, 2.24) is 25.2 Å². The number of hydrogen-bond donors (Lipinski definition) is 4. The van der Waals surface area contributed by atoms with Crippen molar-refractivity contribution in [3.05, 3.63) is 64.8 Å².